The minimum absolute atomic E-state index is 0.00717. The predicted octanol–water partition coefficient (Wildman–Crippen LogP) is 0.705. The number of nitrogens with one attached hydrogen (secondary N) is 5. The molecular formula is C29H32N6O7S. The van der Waals surface area contributed by atoms with Crippen molar-refractivity contribution in [3.8, 4) is 0 Å². The molecule has 0 saturated heterocycles. The normalized spacial score (nSPS) is 14.0. The van der Waals surface area contributed by atoms with E-state index in [9.17, 15) is 29.1 Å². The Morgan fingerprint density at radius 1 is 0.721 bits per heavy atom. The number of carbonyl (C=O) groups is 5. The van der Waals surface area contributed by atoms with Crippen LogP contribution in [0.4, 0.5) is 0 Å². The van der Waals surface area contributed by atoms with Crippen LogP contribution in [0.3, 0.4) is 0 Å². The molecule has 14 heteroatoms. The van der Waals surface area contributed by atoms with Crippen molar-refractivity contribution in [2.24, 2.45) is 5.73 Å². The maximum Gasteiger partial charge on any atom is 0.327 e. The van der Waals surface area contributed by atoms with E-state index in [1.807, 2.05) is 48.5 Å². The topological polar surface area (TPSA) is 219 Å². The lowest BCUT2D eigenvalue weighted by Gasteiger charge is -2.25. The number of carbonyl (C=O) groups excluding carboxylic acids is 3. The summed E-state index contributed by atoms with van der Waals surface area (Å²) in [6.45, 7) is 0. The second-order valence-electron chi connectivity index (χ2n) is 10.0. The second kappa shape index (κ2) is 13.9. The van der Waals surface area contributed by atoms with Crippen LogP contribution >= 0.6 is 12.6 Å². The largest absolute Gasteiger partial charge is 0.481 e. The van der Waals surface area contributed by atoms with Crippen LogP contribution in [0, 0.1) is 0 Å². The molecule has 2 aromatic heterocycles. The molecule has 0 radical (unpaired) electrons. The van der Waals surface area contributed by atoms with Gasteiger partial charge in [0.05, 0.1) is 12.5 Å². The molecule has 2 heterocycles. The minimum Gasteiger partial charge on any atom is -0.481 e. The van der Waals surface area contributed by atoms with Gasteiger partial charge in [0.2, 0.25) is 17.7 Å². The Balaban J connectivity index is 1.63. The molecule has 0 spiro atoms. The first-order chi connectivity index (χ1) is 20.6. The van der Waals surface area contributed by atoms with Crippen LogP contribution in [0.15, 0.2) is 60.9 Å². The van der Waals surface area contributed by atoms with E-state index in [4.69, 9.17) is 10.8 Å². The summed E-state index contributed by atoms with van der Waals surface area (Å²) in [5.74, 6) is -5.14. The summed E-state index contributed by atoms with van der Waals surface area (Å²) >= 11 is 4.01. The fourth-order valence-electron chi connectivity index (χ4n) is 4.75. The van der Waals surface area contributed by atoms with Gasteiger partial charge in [0.25, 0.3) is 0 Å². The van der Waals surface area contributed by atoms with Gasteiger partial charge in [0.1, 0.15) is 18.1 Å². The van der Waals surface area contributed by atoms with E-state index in [1.165, 1.54) is 0 Å². The molecule has 226 valence electrons. The van der Waals surface area contributed by atoms with Gasteiger partial charge >= 0.3 is 11.9 Å². The monoisotopic (exact) mass is 608 g/mol. The average molecular weight is 609 g/mol. The molecule has 0 saturated carbocycles. The van der Waals surface area contributed by atoms with Crippen LogP contribution in [0.1, 0.15) is 17.5 Å². The Morgan fingerprint density at radius 3 is 1.60 bits per heavy atom. The van der Waals surface area contributed by atoms with Gasteiger partial charge in [0, 0.05) is 52.8 Å². The number of aromatic amines is 2. The highest BCUT2D eigenvalue weighted by Gasteiger charge is 2.31. The number of rotatable bonds is 14. The predicted molar refractivity (Wildman–Crippen MR) is 162 cm³/mol. The number of nitrogens with two attached hydrogens (primary N) is 1. The van der Waals surface area contributed by atoms with Crippen LogP contribution in [0.25, 0.3) is 21.8 Å². The number of carboxylic acid groups (broad SMARTS) is 2. The number of thiol groups is 1. The number of hydrogen-bond acceptors (Lipinski definition) is 7. The van der Waals surface area contributed by atoms with Gasteiger partial charge in [-0.05, 0) is 23.3 Å². The molecule has 0 aliphatic heterocycles. The third-order valence-corrected chi connectivity index (χ3v) is 7.36. The van der Waals surface area contributed by atoms with E-state index in [0.717, 1.165) is 21.8 Å². The lowest BCUT2D eigenvalue weighted by atomic mass is 10.0. The standard InChI is InChI=1S/C29H32N6O7S/c30-19(11-25(36)37)26(38)33-22(9-15-12-31-20-7-3-1-5-17(15)20)27(39)34-23(28(40)35-24(14-43)29(41)42)10-16-13-32-21-8-4-2-6-18(16)21/h1-8,12-13,19,22-24,31-32,43H,9-11,14,30H2,(H,33,38)(H,34,39)(H,35,40)(H,36,37)(H,41,42). The lowest BCUT2D eigenvalue weighted by molar-refractivity contribution is -0.141. The summed E-state index contributed by atoms with van der Waals surface area (Å²) < 4.78 is 0. The van der Waals surface area contributed by atoms with Crippen molar-refractivity contribution in [3.05, 3.63) is 72.1 Å². The Morgan fingerprint density at radius 2 is 1.16 bits per heavy atom. The molecule has 2 aromatic carbocycles. The zero-order valence-electron chi connectivity index (χ0n) is 22.9. The molecule has 4 rings (SSSR count). The van der Waals surface area contributed by atoms with Crippen molar-refractivity contribution in [1.29, 1.82) is 0 Å². The van der Waals surface area contributed by atoms with Crippen LogP contribution in [0.5, 0.6) is 0 Å². The first-order valence-electron chi connectivity index (χ1n) is 13.4. The Kier molecular flexibility index (Phi) is 10.1. The number of carboxylic acids is 2. The van der Waals surface area contributed by atoms with E-state index < -0.39 is 60.2 Å². The summed E-state index contributed by atoms with van der Waals surface area (Å²) in [5, 5.41) is 27.7. The number of hydrogen-bond donors (Lipinski definition) is 9. The number of aromatic nitrogens is 2. The quantitative estimate of drug-likeness (QED) is 0.0926. The van der Waals surface area contributed by atoms with Gasteiger partial charge in [0.15, 0.2) is 0 Å². The van der Waals surface area contributed by atoms with Crippen molar-refractivity contribution < 1.29 is 34.2 Å². The Hall–Kier alpha value is -4.82. The minimum atomic E-state index is -1.42. The number of fused-ring (bicyclic) bond motifs is 2. The van der Waals surface area contributed by atoms with Crippen molar-refractivity contribution in [2.75, 3.05) is 5.75 Å². The molecular weight excluding hydrogens is 576 g/mol. The molecule has 4 atom stereocenters. The molecule has 4 unspecified atom stereocenters. The number of H-pyrrole nitrogens is 2. The molecule has 0 aliphatic rings. The van der Waals surface area contributed by atoms with Gasteiger partial charge in [-0.1, -0.05) is 36.4 Å². The van der Waals surface area contributed by atoms with E-state index in [1.54, 1.807) is 12.4 Å². The lowest BCUT2D eigenvalue weighted by Crippen LogP contribution is -2.58. The molecule has 43 heavy (non-hydrogen) atoms. The molecule has 0 aliphatic carbocycles. The first kappa shape index (κ1) is 31.1. The highest BCUT2D eigenvalue weighted by molar-refractivity contribution is 7.80. The zero-order valence-corrected chi connectivity index (χ0v) is 23.8. The molecule has 9 N–H and O–H groups in total. The van der Waals surface area contributed by atoms with Gasteiger partial charge in [-0.15, -0.1) is 0 Å². The summed E-state index contributed by atoms with van der Waals surface area (Å²) in [5.41, 5.74) is 8.74. The second-order valence-corrected chi connectivity index (χ2v) is 10.4. The van der Waals surface area contributed by atoms with Crippen molar-refractivity contribution >= 4 is 64.1 Å². The van der Waals surface area contributed by atoms with E-state index in [-0.39, 0.29) is 18.6 Å². The molecule has 13 nitrogen and oxygen atoms in total. The van der Waals surface area contributed by atoms with Crippen LogP contribution in [0.2, 0.25) is 0 Å². The van der Waals surface area contributed by atoms with E-state index in [2.05, 4.69) is 38.5 Å². The van der Waals surface area contributed by atoms with E-state index in [0.29, 0.717) is 11.1 Å². The Bertz CT molecular complexity index is 1650. The van der Waals surface area contributed by atoms with Gasteiger partial charge in [-0.25, -0.2) is 4.79 Å². The number of para-hydroxylation sites is 2. The third kappa shape index (κ3) is 7.72. The van der Waals surface area contributed by atoms with Crippen LogP contribution in [-0.4, -0.2) is 79.8 Å². The van der Waals surface area contributed by atoms with Gasteiger partial charge < -0.3 is 41.9 Å². The number of aliphatic carboxylic acids is 2. The molecule has 0 bridgehead atoms. The van der Waals surface area contributed by atoms with Crippen LogP contribution in [-0.2, 0) is 36.8 Å². The molecule has 0 fully saturated rings. The van der Waals surface area contributed by atoms with Crippen molar-refractivity contribution in [3.63, 3.8) is 0 Å². The smallest absolute Gasteiger partial charge is 0.327 e. The number of amides is 3. The third-order valence-electron chi connectivity index (χ3n) is 6.99. The van der Waals surface area contributed by atoms with E-state index >= 15 is 0 Å². The summed E-state index contributed by atoms with van der Waals surface area (Å²) in [4.78, 5) is 68.9. The fraction of sp³-hybridized carbons (Fsp3) is 0.276. The molecule has 4 aromatic rings. The SMILES string of the molecule is NC(CC(=O)O)C(=O)NC(Cc1c[nH]c2ccccc12)C(=O)NC(Cc1c[nH]c2ccccc12)C(=O)NC(CS)C(=O)O. The Labute approximate surface area is 251 Å². The fourth-order valence-corrected chi connectivity index (χ4v) is 5.00. The number of benzene rings is 2. The van der Waals surface area contributed by atoms with Gasteiger partial charge in [-0.2, -0.15) is 12.6 Å². The first-order valence-corrected chi connectivity index (χ1v) is 14.0. The highest BCUT2D eigenvalue weighted by Crippen LogP contribution is 2.21. The van der Waals surface area contributed by atoms with Crippen LogP contribution < -0.4 is 21.7 Å². The highest BCUT2D eigenvalue weighted by atomic mass is 32.1. The summed E-state index contributed by atoms with van der Waals surface area (Å²) in [6.07, 6.45) is 2.71. The zero-order chi connectivity index (χ0) is 31.1. The van der Waals surface area contributed by atoms with Crippen molar-refractivity contribution in [2.45, 2.75) is 43.4 Å². The molecule has 3 amide bonds. The summed E-state index contributed by atoms with van der Waals surface area (Å²) in [7, 11) is 0. The van der Waals surface area contributed by atoms with Crippen molar-refractivity contribution in [1.82, 2.24) is 25.9 Å². The average Bonchev–Trinajstić information content (AvgIpc) is 3.58. The maximum absolute atomic E-state index is 13.8. The van der Waals surface area contributed by atoms with Gasteiger partial charge in [-0.3, -0.25) is 19.2 Å². The summed E-state index contributed by atoms with van der Waals surface area (Å²) in [6, 6.07) is 9.45. The maximum atomic E-state index is 13.8.